The van der Waals surface area contributed by atoms with E-state index in [2.05, 4.69) is 5.32 Å². The summed E-state index contributed by atoms with van der Waals surface area (Å²) in [5.41, 5.74) is 2.24. The second-order valence-electron chi connectivity index (χ2n) is 4.75. The number of fused-ring (bicyclic) bond motifs is 1. The molecule has 0 aromatic heterocycles. The minimum atomic E-state index is -0.311. The van der Waals surface area contributed by atoms with Crippen LogP contribution in [0.4, 0.5) is 10.1 Å². The second kappa shape index (κ2) is 4.96. The summed E-state index contributed by atoms with van der Waals surface area (Å²) >= 11 is 0. The molecule has 3 nitrogen and oxygen atoms in total. The molecule has 4 heteroatoms. The van der Waals surface area contributed by atoms with Gasteiger partial charge in [0.25, 0.3) is 0 Å². The van der Waals surface area contributed by atoms with Crippen molar-refractivity contribution < 1.29 is 13.9 Å². The van der Waals surface area contributed by atoms with Gasteiger partial charge < -0.3 is 10.1 Å². The average Bonchev–Trinajstić information content (AvgIpc) is 2.49. The van der Waals surface area contributed by atoms with Gasteiger partial charge in [0, 0.05) is 12.1 Å². The van der Waals surface area contributed by atoms with Crippen LogP contribution in [0.3, 0.4) is 0 Å². The topological polar surface area (TPSA) is 38.3 Å². The molecule has 0 spiro atoms. The monoisotopic (exact) mass is 271 g/mol. The summed E-state index contributed by atoms with van der Waals surface area (Å²) in [4.78, 5) is 12.6. The number of halogens is 1. The fraction of sp³-hybridized carbons (Fsp3) is 0.188. The Morgan fingerprint density at radius 2 is 2.15 bits per heavy atom. The van der Waals surface area contributed by atoms with E-state index in [4.69, 9.17) is 4.74 Å². The molecule has 0 saturated heterocycles. The van der Waals surface area contributed by atoms with Crippen molar-refractivity contribution >= 4 is 11.5 Å². The maximum absolute atomic E-state index is 13.3. The van der Waals surface area contributed by atoms with Crippen LogP contribution in [0.1, 0.15) is 21.5 Å². The Bertz CT molecular complexity index is 682. The summed E-state index contributed by atoms with van der Waals surface area (Å²) in [5.74, 6) is 0.105. The molecule has 0 unspecified atom stereocenters. The van der Waals surface area contributed by atoms with Gasteiger partial charge in [-0.1, -0.05) is 6.07 Å². The lowest BCUT2D eigenvalue weighted by Gasteiger charge is -2.21. The number of ketones is 1. The second-order valence-corrected chi connectivity index (χ2v) is 4.75. The predicted molar refractivity (Wildman–Crippen MR) is 75.0 cm³/mol. The van der Waals surface area contributed by atoms with Crippen LogP contribution in [-0.4, -0.2) is 18.9 Å². The number of benzene rings is 2. The highest BCUT2D eigenvalue weighted by Gasteiger charge is 2.20. The molecule has 1 N–H and O–H groups in total. The van der Waals surface area contributed by atoms with Crippen LogP contribution in [-0.2, 0) is 0 Å². The van der Waals surface area contributed by atoms with Gasteiger partial charge in [-0.3, -0.25) is 4.79 Å². The molecule has 2 aromatic rings. The van der Waals surface area contributed by atoms with Gasteiger partial charge in [0.15, 0.2) is 11.5 Å². The van der Waals surface area contributed by atoms with Crippen LogP contribution < -0.4 is 10.1 Å². The van der Waals surface area contributed by atoms with Crippen molar-refractivity contribution in [2.75, 3.05) is 18.5 Å². The predicted octanol–water partition coefficient (Wildman–Crippen LogP) is 3.17. The SMILES string of the molecule is Cc1cc(C(=O)c2cccc3c2OCCN3)ccc1F. The Morgan fingerprint density at radius 3 is 2.95 bits per heavy atom. The number of hydrogen-bond acceptors (Lipinski definition) is 3. The van der Waals surface area contributed by atoms with Crippen molar-refractivity contribution in [2.24, 2.45) is 0 Å². The van der Waals surface area contributed by atoms with Crippen LogP contribution in [0.25, 0.3) is 0 Å². The molecule has 1 aliphatic rings. The number of carbonyl (C=O) groups excluding carboxylic acids is 1. The normalized spacial score (nSPS) is 13.1. The fourth-order valence-corrected chi connectivity index (χ4v) is 2.29. The fourth-order valence-electron chi connectivity index (χ4n) is 2.29. The molecule has 0 atom stereocenters. The van der Waals surface area contributed by atoms with Crippen LogP contribution >= 0.6 is 0 Å². The zero-order chi connectivity index (χ0) is 14.1. The Balaban J connectivity index is 2.04. The molecule has 0 fully saturated rings. The summed E-state index contributed by atoms with van der Waals surface area (Å²) in [5, 5.41) is 3.19. The smallest absolute Gasteiger partial charge is 0.196 e. The highest BCUT2D eigenvalue weighted by molar-refractivity contribution is 6.11. The number of carbonyl (C=O) groups is 1. The molecule has 1 aliphatic heterocycles. The molecule has 0 amide bonds. The summed E-state index contributed by atoms with van der Waals surface area (Å²) in [7, 11) is 0. The Morgan fingerprint density at radius 1 is 1.30 bits per heavy atom. The molecular formula is C16H14FNO2. The zero-order valence-electron chi connectivity index (χ0n) is 11.1. The van der Waals surface area contributed by atoms with Gasteiger partial charge in [-0.2, -0.15) is 0 Å². The molecule has 0 radical (unpaired) electrons. The lowest BCUT2D eigenvalue weighted by Crippen LogP contribution is -2.20. The van der Waals surface area contributed by atoms with E-state index in [1.54, 1.807) is 19.1 Å². The molecule has 2 aromatic carbocycles. The molecule has 3 rings (SSSR count). The summed E-state index contributed by atoms with van der Waals surface area (Å²) in [6.45, 7) is 2.89. The largest absolute Gasteiger partial charge is 0.489 e. The van der Waals surface area contributed by atoms with E-state index in [1.165, 1.54) is 12.1 Å². The molecule has 0 saturated carbocycles. The van der Waals surface area contributed by atoms with E-state index >= 15 is 0 Å². The van der Waals surface area contributed by atoms with E-state index in [-0.39, 0.29) is 11.6 Å². The Hall–Kier alpha value is -2.36. The Kier molecular flexibility index (Phi) is 3.14. The van der Waals surface area contributed by atoms with E-state index in [0.717, 1.165) is 12.2 Å². The van der Waals surface area contributed by atoms with Crippen molar-refractivity contribution in [3.05, 3.63) is 58.9 Å². The number of anilines is 1. The summed E-state index contributed by atoms with van der Waals surface area (Å²) in [6.07, 6.45) is 0. The van der Waals surface area contributed by atoms with Gasteiger partial charge in [-0.25, -0.2) is 4.39 Å². The third-order valence-corrected chi connectivity index (χ3v) is 3.34. The van der Waals surface area contributed by atoms with Crippen molar-refractivity contribution in [3.63, 3.8) is 0 Å². The molecular weight excluding hydrogens is 257 g/mol. The van der Waals surface area contributed by atoms with Crippen molar-refractivity contribution in [2.45, 2.75) is 6.92 Å². The lowest BCUT2D eigenvalue weighted by atomic mass is 9.99. The van der Waals surface area contributed by atoms with Crippen molar-refractivity contribution in [3.8, 4) is 5.75 Å². The number of ether oxygens (including phenoxy) is 1. The summed E-state index contributed by atoms with van der Waals surface area (Å²) in [6, 6.07) is 9.79. The molecule has 102 valence electrons. The minimum absolute atomic E-state index is 0.159. The number of aryl methyl sites for hydroxylation is 1. The van der Waals surface area contributed by atoms with E-state index in [9.17, 15) is 9.18 Å². The molecule has 1 heterocycles. The van der Waals surface area contributed by atoms with Crippen LogP contribution in [0.2, 0.25) is 0 Å². The van der Waals surface area contributed by atoms with Gasteiger partial charge in [0.05, 0.1) is 11.3 Å². The average molecular weight is 271 g/mol. The van der Waals surface area contributed by atoms with Gasteiger partial charge in [0.2, 0.25) is 0 Å². The standard InChI is InChI=1S/C16H14FNO2/c1-10-9-11(5-6-13(10)17)15(19)12-3-2-4-14-16(12)20-8-7-18-14/h2-6,9,18H,7-8H2,1H3. The van der Waals surface area contributed by atoms with E-state index in [1.807, 2.05) is 12.1 Å². The van der Waals surface area contributed by atoms with Crippen molar-refractivity contribution in [1.82, 2.24) is 0 Å². The summed E-state index contributed by atoms with van der Waals surface area (Å²) < 4.78 is 18.9. The number of nitrogens with one attached hydrogen (secondary N) is 1. The molecule has 20 heavy (non-hydrogen) atoms. The first-order valence-corrected chi connectivity index (χ1v) is 6.47. The first-order chi connectivity index (χ1) is 9.66. The van der Waals surface area contributed by atoms with E-state index in [0.29, 0.717) is 29.0 Å². The maximum Gasteiger partial charge on any atom is 0.196 e. The van der Waals surface area contributed by atoms with Gasteiger partial charge >= 0.3 is 0 Å². The Labute approximate surface area is 116 Å². The maximum atomic E-state index is 13.3. The lowest BCUT2D eigenvalue weighted by molar-refractivity contribution is 0.103. The number of rotatable bonds is 2. The first-order valence-electron chi connectivity index (χ1n) is 6.47. The number of hydrogen-bond donors (Lipinski definition) is 1. The highest BCUT2D eigenvalue weighted by Crippen LogP contribution is 2.32. The van der Waals surface area contributed by atoms with Gasteiger partial charge in [0.1, 0.15) is 12.4 Å². The minimum Gasteiger partial charge on any atom is -0.489 e. The van der Waals surface area contributed by atoms with Gasteiger partial charge in [-0.05, 0) is 42.8 Å². The van der Waals surface area contributed by atoms with Crippen LogP contribution in [0, 0.1) is 12.7 Å². The van der Waals surface area contributed by atoms with Crippen molar-refractivity contribution in [1.29, 1.82) is 0 Å². The third-order valence-electron chi connectivity index (χ3n) is 3.34. The van der Waals surface area contributed by atoms with Gasteiger partial charge in [-0.15, -0.1) is 0 Å². The molecule has 0 bridgehead atoms. The van der Waals surface area contributed by atoms with Crippen LogP contribution in [0.5, 0.6) is 5.75 Å². The van der Waals surface area contributed by atoms with Crippen LogP contribution in [0.15, 0.2) is 36.4 Å². The third kappa shape index (κ3) is 2.13. The number of para-hydroxylation sites is 1. The quantitative estimate of drug-likeness (QED) is 0.853. The highest BCUT2D eigenvalue weighted by atomic mass is 19.1. The van der Waals surface area contributed by atoms with E-state index < -0.39 is 0 Å². The first kappa shape index (κ1) is 12.7. The molecule has 0 aliphatic carbocycles. The zero-order valence-corrected chi connectivity index (χ0v) is 11.1.